The molecule has 2 N–H and O–H groups in total. The van der Waals surface area contributed by atoms with Crippen molar-refractivity contribution >= 4 is 34.3 Å². The molecule has 0 saturated heterocycles. The molecule has 2 aromatic carbocycles. The number of anilines is 2. The minimum Gasteiger partial charge on any atom is -0.339 e. The Morgan fingerprint density at radius 3 is 2.47 bits per heavy atom. The van der Waals surface area contributed by atoms with Gasteiger partial charge in [-0.1, -0.05) is 11.3 Å². The van der Waals surface area contributed by atoms with Gasteiger partial charge in [0.1, 0.15) is 5.82 Å². The van der Waals surface area contributed by atoms with Gasteiger partial charge in [0, 0.05) is 35.8 Å². The van der Waals surface area contributed by atoms with Gasteiger partial charge in [-0.25, -0.2) is 9.67 Å². The van der Waals surface area contributed by atoms with Crippen LogP contribution in [0.5, 0.6) is 0 Å². The molecule has 30 heavy (non-hydrogen) atoms. The van der Waals surface area contributed by atoms with Crippen LogP contribution in [0.1, 0.15) is 15.4 Å². The van der Waals surface area contributed by atoms with Gasteiger partial charge in [-0.2, -0.15) is 5.10 Å². The molecule has 10 nitrogen and oxygen atoms in total. The molecule has 0 atom stereocenters. The smallest absolute Gasteiger partial charge is 0.269 e. The Morgan fingerprint density at radius 2 is 1.83 bits per heavy atom. The number of ketones is 1. The number of nitro benzene ring substituents is 1. The van der Waals surface area contributed by atoms with Gasteiger partial charge in [0.25, 0.3) is 5.69 Å². The molecule has 0 aliphatic rings. The van der Waals surface area contributed by atoms with E-state index in [2.05, 4.69) is 20.4 Å². The summed E-state index contributed by atoms with van der Waals surface area (Å²) in [4.78, 5) is 31.2. The fourth-order valence-corrected chi connectivity index (χ4v) is 3.36. The van der Waals surface area contributed by atoms with Crippen LogP contribution in [0.2, 0.25) is 0 Å². The maximum atomic E-state index is 12.8. The number of hydrogen-bond donors (Lipinski definition) is 2. The molecule has 148 valence electrons. The number of carbonyl (C=O) groups excluding carboxylic acids is 1. The summed E-state index contributed by atoms with van der Waals surface area (Å²) in [6.45, 7) is 0. The number of benzene rings is 2. The minimum atomic E-state index is -0.505. The van der Waals surface area contributed by atoms with Crippen LogP contribution < -0.4 is 10.1 Å². The lowest BCUT2D eigenvalue weighted by atomic mass is 10.1. The number of rotatable bonds is 6. The third-order valence-corrected chi connectivity index (χ3v) is 4.89. The lowest BCUT2D eigenvalue weighted by Crippen LogP contribution is -2.12. The van der Waals surface area contributed by atoms with Gasteiger partial charge in [-0.05, 0) is 36.4 Å². The Labute approximate surface area is 173 Å². The van der Waals surface area contributed by atoms with Gasteiger partial charge in [-0.15, -0.1) is 0 Å². The molecule has 0 amide bonds. The first-order valence-electron chi connectivity index (χ1n) is 8.58. The van der Waals surface area contributed by atoms with Crippen molar-refractivity contribution in [1.82, 2.24) is 19.7 Å². The van der Waals surface area contributed by atoms with Crippen molar-refractivity contribution in [1.29, 1.82) is 5.41 Å². The SMILES string of the molecule is N=c1sc(C(=O)c2ccc(Nc3cnccn3)cc2)nn1-c1ccc([N+](=O)[O-])cc1. The lowest BCUT2D eigenvalue weighted by Gasteiger charge is -2.05. The van der Waals surface area contributed by atoms with Crippen molar-refractivity contribution in [3.63, 3.8) is 0 Å². The summed E-state index contributed by atoms with van der Waals surface area (Å²) < 4.78 is 1.27. The standard InChI is InChI=1S/C19H13N7O3S/c20-19-25(14-5-7-15(8-6-14)26(28)29)24-18(30-19)17(27)12-1-3-13(4-2-12)23-16-11-21-9-10-22-16/h1-11,20H,(H,22,23). The van der Waals surface area contributed by atoms with E-state index in [0.29, 0.717) is 17.1 Å². The first kappa shape index (κ1) is 19.1. The Morgan fingerprint density at radius 1 is 1.10 bits per heavy atom. The van der Waals surface area contributed by atoms with Crippen LogP contribution in [0.15, 0.2) is 67.1 Å². The summed E-state index contributed by atoms with van der Waals surface area (Å²) in [6, 6.07) is 12.4. The molecule has 0 bridgehead atoms. The lowest BCUT2D eigenvalue weighted by molar-refractivity contribution is -0.384. The normalized spacial score (nSPS) is 10.5. The number of carbonyl (C=O) groups is 1. The molecular formula is C19H13N7O3S. The van der Waals surface area contributed by atoms with E-state index in [1.54, 1.807) is 42.9 Å². The van der Waals surface area contributed by atoms with Gasteiger partial charge < -0.3 is 5.32 Å². The van der Waals surface area contributed by atoms with Gasteiger partial charge in [0.05, 0.1) is 16.8 Å². The molecule has 0 unspecified atom stereocenters. The summed E-state index contributed by atoms with van der Waals surface area (Å²) >= 11 is 0.931. The van der Waals surface area contributed by atoms with Crippen LogP contribution in [-0.4, -0.2) is 30.5 Å². The molecule has 4 rings (SSSR count). The van der Waals surface area contributed by atoms with Crippen molar-refractivity contribution in [2.75, 3.05) is 5.32 Å². The highest BCUT2D eigenvalue weighted by Crippen LogP contribution is 2.18. The third kappa shape index (κ3) is 3.95. The van der Waals surface area contributed by atoms with Crippen LogP contribution in [-0.2, 0) is 0 Å². The molecule has 0 fully saturated rings. The fourth-order valence-electron chi connectivity index (χ4n) is 2.61. The maximum absolute atomic E-state index is 12.8. The second kappa shape index (κ2) is 8.01. The van der Waals surface area contributed by atoms with Crippen LogP contribution >= 0.6 is 11.3 Å². The first-order chi connectivity index (χ1) is 14.5. The van der Waals surface area contributed by atoms with Crippen LogP contribution in [0.3, 0.4) is 0 Å². The summed E-state index contributed by atoms with van der Waals surface area (Å²) in [7, 11) is 0. The predicted octanol–water partition coefficient (Wildman–Crippen LogP) is 3.09. The Balaban J connectivity index is 1.54. The van der Waals surface area contributed by atoms with E-state index in [-0.39, 0.29) is 21.3 Å². The summed E-state index contributed by atoms with van der Waals surface area (Å²) in [5.41, 5.74) is 1.56. The third-order valence-electron chi connectivity index (χ3n) is 4.06. The highest BCUT2D eigenvalue weighted by molar-refractivity contribution is 7.11. The number of non-ortho nitro benzene ring substituents is 1. The zero-order chi connectivity index (χ0) is 21.1. The predicted molar refractivity (Wildman–Crippen MR) is 109 cm³/mol. The zero-order valence-corrected chi connectivity index (χ0v) is 16.0. The minimum absolute atomic E-state index is 0.0353. The number of aromatic nitrogens is 4. The van der Waals surface area contributed by atoms with Gasteiger partial charge in [0.2, 0.25) is 10.6 Å². The molecule has 4 aromatic rings. The number of nitro groups is 1. The van der Waals surface area contributed by atoms with E-state index < -0.39 is 4.92 Å². The largest absolute Gasteiger partial charge is 0.339 e. The highest BCUT2D eigenvalue weighted by atomic mass is 32.1. The number of nitrogens with one attached hydrogen (secondary N) is 2. The van der Waals surface area contributed by atoms with Crippen molar-refractivity contribution in [3.05, 3.63) is 92.6 Å². The second-order valence-electron chi connectivity index (χ2n) is 6.02. The quantitative estimate of drug-likeness (QED) is 0.278. The molecule has 2 heterocycles. The molecule has 0 saturated carbocycles. The summed E-state index contributed by atoms with van der Waals surface area (Å²) in [5.74, 6) is 0.264. The Bertz CT molecular complexity index is 1270. The maximum Gasteiger partial charge on any atom is 0.269 e. The average molecular weight is 419 g/mol. The van der Waals surface area contributed by atoms with Crippen molar-refractivity contribution < 1.29 is 9.72 Å². The van der Waals surface area contributed by atoms with Crippen molar-refractivity contribution in [2.24, 2.45) is 0 Å². The van der Waals surface area contributed by atoms with E-state index in [9.17, 15) is 14.9 Å². The average Bonchev–Trinajstić information content (AvgIpc) is 3.16. The van der Waals surface area contributed by atoms with E-state index in [1.165, 1.54) is 28.9 Å². The summed E-state index contributed by atoms with van der Waals surface area (Å²) in [6.07, 6.45) is 4.73. The second-order valence-corrected chi connectivity index (χ2v) is 7.00. The fraction of sp³-hybridized carbons (Fsp3) is 0. The summed E-state index contributed by atoms with van der Waals surface area (Å²) in [5, 5.41) is 26.3. The zero-order valence-electron chi connectivity index (χ0n) is 15.2. The monoisotopic (exact) mass is 419 g/mol. The Kier molecular flexibility index (Phi) is 5.09. The van der Waals surface area contributed by atoms with Crippen LogP contribution in [0.25, 0.3) is 5.69 Å². The van der Waals surface area contributed by atoms with E-state index >= 15 is 0 Å². The molecule has 11 heteroatoms. The van der Waals surface area contributed by atoms with Crippen LogP contribution in [0, 0.1) is 15.5 Å². The van der Waals surface area contributed by atoms with E-state index in [1.807, 2.05) is 0 Å². The highest BCUT2D eigenvalue weighted by Gasteiger charge is 2.16. The topological polar surface area (TPSA) is 140 Å². The molecule has 2 aromatic heterocycles. The van der Waals surface area contributed by atoms with Crippen LogP contribution in [0.4, 0.5) is 17.2 Å². The van der Waals surface area contributed by atoms with E-state index in [0.717, 1.165) is 17.0 Å². The molecular weight excluding hydrogens is 406 g/mol. The van der Waals surface area contributed by atoms with Gasteiger partial charge in [0.15, 0.2) is 5.01 Å². The van der Waals surface area contributed by atoms with Crippen molar-refractivity contribution in [3.8, 4) is 5.69 Å². The van der Waals surface area contributed by atoms with Gasteiger partial charge >= 0.3 is 0 Å². The van der Waals surface area contributed by atoms with Crippen molar-refractivity contribution in [2.45, 2.75) is 0 Å². The molecule has 0 aliphatic carbocycles. The molecule has 0 spiro atoms. The first-order valence-corrected chi connectivity index (χ1v) is 9.40. The molecule has 0 radical (unpaired) electrons. The van der Waals surface area contributed by atoms with E-state index in [4.69, 9.17) is 5.41 Å². The number of nitrogens with zero attached hydrogens (tertiary/aromatic N) is 5. The number of hydrogen-bond acceptors (Lipinski definition) is 9. The Hall–Kier alpha value is -4.25. The molecule has 0 aliphatic heterocycles. The van der Waals surface area contributed by atoms with Gasteiger partial charge in [-0.3, -0.25) is 25.3 Å².